The summed E-state index contributed by atoms with van der Waals surface area (Å²) in [5.74, 6) is 0.543. The van der Waals surface area contributed by atoms with Gasteiger partial charge in [0, 0.05) is 44.2 Å². The third-order valence-corrected chi connectivity index (χ3v) is 7.18. The van der Waals surface area contributed by atoms with Gasteiger partial charge in [0.2, 0.25) is 0 Å². The van der Waals surface area contributed by atoms with Crippen LogP contribution in [0.3, 0.4) is 0 Å². The van der Waals surface area contributed by atoms with Crippen LogP contribution in [0.15, 0.2) is 34.7 Å². The van der Waals surface area contributed by atoms with Crippen molar-refractivity contribution in [2.75, 3.05) is 33.1 Å². The number of carbonyl (C=O) groups excluding carboxylic acids is 1. The number of anilines is 1. The molecular formula is C24H28FN5O3. The number of amides is 1. The number of piperidine rings is 1. The number of benzene rings is 1. The van der Waals surface area contributed by atoms with Gasteiger partial charge in [-0.1, -0.05) is 0 Å². The molecule has 0 unspecified atom stereocenters. The van der Waals surface area contributed by atoms with Crippen LogP contribution in [0.2, 0.25) is 0 Å². The summed E-state index contributed by atoms with van der Waals surface area (Å²) in [6.07, 6.45) is 1.75. The van der Waals surface area contributed by atoms with E-state index in [1.165, 1.54) is 4.90 Å². The average molecular weight is 454 g/mol. The van der Waals surface area contributed by atoms with Crippen molar-refractivity contribution in [3.63, 3.8) is 0 Å². The molecule has 8 nitrogen and oxygen atoms in total. The smallest absolute Gasteiger partial charge is 0.289 e. The first-order valence-corrected chi connectivity index (χ1v) is 11.2. The van der Waals surface area contributed by atoms with E-state index in [2.05, 4.69) is 15.1 Å². The normalized spacial score (nSPS) is 24.9. The lowest BCUT2D eigenvalue weighted by Gasteiger charge is -2.43. The molecule has 2 fully saturated rings. The Kier molecular flexibility index (Phi) is 5.23. The number of furan rings is 1. The lowest BCUT2D eigenvalue weighted by atomic mass is 9.95. The van der Waals surface area contributed by atoms with Crippen LogP contribution in [0, 0.1) is 0 Å². The summed E-state index contributed by atoms with van der Waals surface area (Å²) >= 11 is 0. The average Bonchev–Trinajstić information content (AvgIpc) is 3.32. The third kappa shape index (κ3) is 3.60. The van der Waals surface area contributed by atoms with E-state index >= 15 is 4.39 Å². The molecular weight excluding hydrogens is 425 g/mol. The van der Waals surface area contributed by atoms with Crippen LogP contribution >= 0.6 is 0 Å². The fourth-order valence-electron chi connectivity index (χ4n) is 5.18. The number of hydrogen-bond acceptors (Lipinski definition) is 7. The van der Waals surface area contributed by atoms with Gasteiger partial charge in [-0.05, 0) is 56.6 Å². The SMILES string of the molecule is CN(C)C(=O)c1cc2cc(O)c(-c3ccc(N(C)[C@H]4C[C@@H]5CC[C@H]([C@H]4F)N5C)nn3)cc2o1. The van der Waals surface area contributed by atoms with Gasteiger partial charge in [-0.2, -0.15) is 0 Å². The van der Waals surface area contributed by atoms with E-state index in [1.807, 2.05) is 19.0 Å². The second-order valence-electron chi connectivity index (χ2n) is 9.32. The summed E-state index contributed by atoms with van der Waals surface area (Å²) in [7, 11) is 7.17. The van der Waals surface area contributed by atoms with Crippen molar-refractivity contribution in [3.8, 4) is 17.0 Å². The number of carbonyl (C=O) groups is 1. The Morgan fingerprint density at radius 1 is 1.18 bits per heavy atom. The molecule has 2 aromatic heterocycles. The monoisotopic (exact) mass is 453 g/mol. The van der Waals surface area contributed by atoms with Crippen molar-refractivity contribution < 1.29 is 18.7 Å². The van der Waals surface area contributed by atoms with Gasteiger partial charge in [-0.3, -0.25) is 9.69 Å². The van der Waals surface area contributed by atoms with Crippen molar-refractivity contribution in [2.24, 2.45) is 0 Å². The van der Waals surface area contributed by atoms with E-state index in [-0.39, 0.29) is 29.5 Å². The zero-order chi connectivity index (χ0) is 23.4. The molecule has 1 N–H and O–H groups in total. The summed E-state index contributed by atoms with van der Waals surface area (Å²) in [6, 6.07) is 8.48. The first kappa shape index (κ1) is 21.6. The van der Waals surface area contributed by atoms with E-state index < -0.39 is 6.17 Å². The van der Waals surface area contributed by atoms with Crippen molar-refractivity contribution in [1.82, 2.24) is 20.0 Å². The maximum absolute atomic E-state index is 15.2. The highest BCUT2D eigenvalue weighted by atomic mass is 19.1. The summed E-state index contributed by atoms with van der Waals surface area (Å²) in [6.45, 7) is 0. The lowest BCUT2D eigenvalue weighted by Crippen LogP contribution is -2.56. The van der Waals surface area contributed by atoms with E-state index in [4.69, 9.17) is 4.42 Å². The first-order chi connectivity index (χ1) is 15.7. The summed E-state index contributed by atoms with van der Waals surface area (Å²) < 4.78 is 20.9. The van der Waals surface area contributed by atoms with Gasteiger partial charge < -0.3 is 19.3 Å². The van der Waals surface area contributed by atoms with E-state index in [0.717, 1.165) is 19.3 Å². The Labute approximate surface area is 191 Å². The van der Waals surface area contributed by atoms with Crippen LogP contribution in [0.4, 0.5) is 10.2 Å². The minimum atomic E-state index is -0.940. The number of halogens is 1. The molecule has 1 aromatic carbocycles. The molecule has 5 rings (SSSR count). The number of nitrogens with zero attached hydrogens (tertiary/aromatic N) is 5. The minimum absolute atomic E-state index is 0.0123. The number of fused-ring (bicyclic) bond motifs is 3. The Morgan fingerprint density at radius 2 is 1.97 bits per heavy atom. The highest BCUT2D eigenvalue weighted by Gasteiger charge is 2.47. The molecule has 0 aliphatic carbocycles. The molecule has 2 aliphatic rings. The van der Waals surface area contributed by atoms with Crippen LogP contribution in [-0.2, 0) is 0 Å². The molecule has 4 atom stereocenters. The van der Waals surface area contributed by atoms with Crippen LogP contribution in [0.25, 0.3) is 22.2 Å². The van der Waals surface area contributed by atoms with Gasteiger partial charge >= 0.3 is 0 Å². The van der Waals surface area contributed by atoms with Crippen molar-refractivity contribution in [1.29, 1.82) is 0 Å². The summed E-state index contributed by atoms with van der Waals surface area (Å²) in [4.78, 5) is 17.7. The summed E-state index contributed by atoms with van der Waals surface area (Å²) in [5, 5.41) is 19.8. The van der Waals surface area contributed by atoms with Gasteiger partial charge in [0.05, 0.1) is 11.7 Å². The molecule has 0 saturated carbocycles. The first-order valence-electron chi connectivity index (χ1n) is 11.2. The largest absolute Gasteiger partial charge is 0.507 e. The Balaban J connectivity index is 1.40. The number of rotatable bonds is 4. The van der Waals surface area contributed by atoms with Gasteiger partial charge in [0.25, 0.3) is 5.91 Å². The number of hydrogen-bond donors (Lipinski definition) is 1. The van der Waals surface area contributed by atoms with Gasteiger partial charge in [0.15, 0.2) is 11.6 Å². The molecule has 33 heavy (non-hydrogen) atoms. The number of phenols is 1. The van der Waals surface area contributed by atoms with Crippen LogP contribution in [0.1, 0.15) is 29.8 Å². The van der Waals surface area contributed by atoms with Crippen molar-refractivity contribution in [2.45, 2.75) is 43.6 Å². The number of aromatic nitrogens is 2. The molecule has 2 saturated heterocycles. The van der Waals surface area contributed by atoms with Crippen LogP contribution < -0.4 is 4.90 Å². The zero-order valence-corrected chi connectivity index (χ0v) is 19.2. The molecule has 9 heteroatoms. The lowest BCUT2D eigenvalue weighted by molar-refractivity contribution is 0.0701. The number of alkyl halides is 1. The van der Waals surface area contributed by atoms with Crippen molar-refractivity contribution in [3.05, 3.63) is 36.1 Å². The predicted molar refractivity (Wildman–Crippen MR) is 123 cm³/mol. The molecule has 174 valence electrons. The number of aromatic hydroxyl groups is 1. The summed E-state index contributed by atoms with van der Waals surface area (Å²) in [5.41, 5.74) is 1.38. The van der Waals surface area contributed by atoms with E-state index in [0.29, 0.717) is 34.1 Å². The number of phenolic OH excluding ortho intramolecular Hbond substituents is 1. The van der Waals surface area contributed by atoms with Crippen LogP contribution in [0.5, 0.6) is 5.75 Å². The van der Waals surface area contributed by atoms with Gasteiger partial charge in [-0.25, -0.2) is 4.39 Å². The Hall–Kier alpha value is -3.20. The quantitative estimate of drug-likeness (QED) is 0.649. The second-order valence-corrected chi connectivity index (χ2v) is 9.32. The molecule has 2 bridgehead atoms. The molecule has 1 amide bonds. The van der Waals surface area contributed by atoms with Gasteiger partial charge in [-0.15, -0.1) is 10.2 Å². The molecule has 0 spiro atoms. The fraction of sp³-hybridized carbons (Fsp3) is 0.458. The Morgan fingerprint density at radius 3 is 2.67 bits per heavy atom. The highest BCUT2D eigenvalue weighted by molar-refractivity contribution is 5.97. The second kappa shape index (κ2) is 7.98. The van der Waals surface area contributed by atoms with E-state index in [9.17, 15) is 9.90 Å². The standard InChI is InChI=1S/C24H28FN5O3/c1-28(2)24(32)21-10-13-9-19(31)15(12-20(13)33-21)16-6-8-22(27-26-16)30(4)18-11-14-5-7-17(23(18)25)29(14)3/h6,8-10,12,14,17-18,23,31H,5,7,11H2,1-4H3/t14-,17+,18-,23+/m0/s1. The molecule has 0 radical (unpaired) electrons. The topological polar surface area (TPSA) is 85.9 Å². The fourth-order valence-corrected chi connectivity index (χ4v) is 5.18. The van der Waals surface area contributed by atoms with Crippen molar-refractivity contribution >= 4 is 22.7 Å². The van der Waals surface area contributed by atoms with E-state index in [1.54, 1.807) is 44.4 Å². The molecule has 3 aromatic rings. The predicted octanol–water partition coefficient (Wildman–Crippen LogP) is 3.31. The molecule has 4 heterocycles. The maximum atomic E-state index is 15.2. The highest BCUT2D eigenvalue weighted by Crippen LogP contribution is 2.39. The maximum Gasteiger partial charge on any atom is 0.289 e. The molecule has 2 aliphatic heterocycles. The zero-order valence-electron chi connectivity index (χ0n) is 19.2. The van der Waals surface area contributed by atoms with Crippen LogP contribution in [-0.4, -0.2) is 83.5 Å². The van der Waals surface area contributed by atoms with Gasteiger partial charge in [0.1, 0.15) is 17.5 Å². The Bertz CT molecular complexity index is 1190. The third-order valence-electron chi connectivity index (χ3n) is 7.18. The minimum Gasteiger partial charge on any atom is -0.507 e.